The minimum atomic E-state index is -0.524. The van der Waals surface area contributed by atoms with Gasteiger partial charge in [-0.1, -0.05) is 41.9 Å². The van der Waals surface area contributed by atoms with Crippen LogP contribution in [-0.4, -0.2) is 22.0 Å². The van der Waals surface area contributed by atoms with E-state index in [1.165, 1.54) is 23.1 Å². The molecular weight excluding hydrogens is 359 g/mol. The number of halogens is 2. The summed E-state index contributed by atoms with van der Waals surface area (Å²) < 4.78 is 13.5. The largest absolute Gasteiger partial charge is 0.339 e. The van der Waals surface area contributed by atoms with E-state index in [9.17, 15) is 9.18 Å². The molecule has 1 amide bonds. The molecule has 6 heteroatoms. The lowest BCUT2D eigenvalue weighted by Gasteiger charge is -2.44. The van der Waals surface area contributed by atoms with Crippen molar-refractivity contribution in [1.29, 1.82) is 0 Å². The average molecular weight is 377 g/mol. The highest BCUT2D eigenvalue weighted by Gasteiger charge is 2.37. The van der Waals surface area contributed by atoms with Crippen LogP contribution in [0.1, 0.15) is 31.9 Å². The van der Waals surface area contributed by atoms with E-state index in [4.69, 9.17) is 23.8 Å². The summed E-state index contributed by atoms with van der Waals surface area (Å²) in [6.07, 6.45) is 0.326. The summed E-state index contributed by atoms with van der Waals surface area (Å²) in [7, 11) is 0. The molecule has 2 aromatic carbocycles. The Morgan fingerprint density at radius 2 is 1.92 bits per heavy atom. The molecule has 0 aliphatic carbocycles. The molecule has 2 atom stereocenters. The number of amides is 1. The minimum absolute atomic E-state index is 0.00946. The normalized spacial score (nSPS) is 19.3. The molecule has 0 aromatic heterocycles. The minimum Gasteiger partial charge on any atom is -0.339 e. The number of anilines is 1. The van der Waals surface area contributed by atoms with Crippen molar-refractivity contribution in [2.75, 3.05) is 4.90 Å². The fourth-order valence-corrected chi connectivity index (χ4v) is 3.89. The van der Waals surface area contributed by atoms with E-state index in [1.807, 2.05) is 42.2 Å². The molecule has 1 saturated heterocycles. The van der Waals surface area contributed by atoms with Gasteiger partial charge in [-0.3, -0.25) is 9.69 Å². The van der Waals surface area contributed by atoms with Crippen LogP contribution in [0.5, 0.6) is 0 Å². The number of hydrogen-bond donors (Lipinski definition) is 0. The van der Waals surface area contributed by atoms with Gasteiger partial charge < -0.3 is 4.90 Å². The Bertz CT molecular complexity index is 814. The topological polar surface area (TPSA) is 23.6 Å². The second kappa shape index (κ2) is 7.10. The van der Waals surface area contributed by atoms with Gasteiger partial charge in [0.25, 0.3) is 0 Å². The van der Waals surface area contributed by atoms with Crippen LogP contribution in [0.2, 0.25) is 5.02 Å². The van der Waals surface area contributed by atoms with Gasteiger partial charge in [0.2, 0.25) is 5.91 Å². The van der Waals surface area contributed by atoms with Crippen molar-refractivity contribution in [3.05, 3.63) is 64.9 Å². The van der Waals surface area contributed by atoms with Gasteiger partial charge in [-0.2, -0.15) is 0 Å². The maximum Gasteiger partial charge on any atom is 0.235 e. The SMILES string of the molecule is C[C@H]1CC(=O)N(c2ccc(F)c(Cl)c2)C(=S)N1[C@@H](C)c1ccccc1. The summed E-state index contributed by atoms with van der Waals surface area (Å²) >= 11 is 11.5. The zero-order valence-electron chi connectivity index (χ0n) is 13.9. The highest BCUT2D eigenvalue weighted by molar-refractivity contribution is 7.80. The molecule has 0 bridgehead atoms. The van der Waals surface area contributed by atoms with Gasteiger partial charge in [0.15, 0.2) is 5.11 Å². The molecule has 0 N–H and O–H groups in total. The van der Waals surface area contributed by atoms with Crippen molar-refractivity contribution < 1.29 is 9.18 Å². The van der Waals surface area contributed by atoms with Gasteiger partial charge in [0.1, 0.15) is 5.82 Å². The summed E-state index contributed by atoms with van der Waals surface area (Å²) in [5, 5.41) is 0.372. The van der Waals surface area contributed by atoms with Gasteiger partial charge in [-0.05, 0) is 49.8 Å². The molecule has 1 aliphatic heterocycles. The molecule has 1 fully saturated rings. The van der Waals surface area contributed by atoms with Crippen LogP contribution >= 0.6 is 23.8 Å². The summed E-state index contributed by atoms with van der Waals surface area (Å²) in [5.41, 5.74) is 1.60. The second-order valence-electron chi connectivity index (χ2n) is 6.16. The van der Waals surface area contributed by atoms with E-state index >= 15 is 0 Å². The van der Waals surface area contributed by atoms with E-state index < -0.39 is 5.82 Å². The van der Waals surface area contributed by atoms with Crippen molar-refractivity contribution >= 4 is 40.5 Å². The number of rotatable bonds is 3. The first-order chi connectivity index (χ1) is 11.9. The Morgan fingerprint density at radius 3 is 2.56 bits per heavy atom. The third kappa shape index (κ3) is 3.39. The summed E-state index contributed by atoms with van der Waals surface area (Å²) in [4.78, 5) is 16.1. The molecule has 0 unspecified atom stereocenters. The van der Waals surface area contributed by atoms with Crippen molar-refractivity contribution in [3.8, 4) is 0 Å². The van der Waals surface area contributed by atoms with Gasteiger partial charge in [0.05, 0.1) is 16.8 Å². The lowest BCUT2D eigenvalue weighted by atomic mass is 10.0. The summed E-state index contributed by atoms with van der Waals surface area (Å²) in [6, 6.07) is 14.2. The van der Waals surface area contributed by atoms with E-state index in [1.54, 1.807) is 0 Å². The number of thiocarbonyl (C=S) groups is 1. The molecular formula is C19H18ClFN2OS. The van der Waals surface area contributed by atoms with Gasteiger partial charge in [-0.15, -0.1) is 0 Å². The maximum absolute atomic E-state index is 13.5. The van der Waals surface area contributed by atoms with Crippen LogP contribution in [0.3, 0.4) is 0 Å². The van der Waals surface area contributed by atoms with E-state index in [0.29, 0.717) is 17.2 Å². The van der Waals surface area contributed by atoms with Gasteiger partial charge in [-0.25, -0.2) is 4.39 Å². The van der Waals surface area contributed by atoms with E-state index in [2.05, 4.69) is 6.92 Å². The molecule has 1 heterocycles. The Morgan fingerprint density at radius 1 is 1.24 bits per heavy atom. The molecule has 0 radical (unpaired) electrons. The first kappa shape index (κ1) is 17.8. The zero-order valence-corrected chi connectivity index (χ0v) is 15.5. The molecule has 3 nitrogen and oxygen atoms in total. The Kier molecular flexibility index (Phi) is 5.06. The standard InChI is InChI=1S/C19H18ClFN2OS/c1-12-10-18(24)23(15-8-9-17(21)16(20)11-15)19(25)22(12)13(2)14-6-4-3-5-7-14/h3-9,11-13H,10H2,1-2H3/t12-,13-/m0/s1. The van der Waals surface area contributed by atoms with E-state index in [-0.39, 0.29) is 23.0 Å². The predicted molar refractivity (Wildman–Crippen MR) is 102 cm³/mol. The first-order valence-electron chi connectivity index (χ1n) is 8.05. The second-order valence-corrected chi connectivity index (χ2v) is 6.93. The van der Waals surface area contributed by atoms with Crippen molar-refractivity contribution in [2.45, 2.75) is 32.4 Å². The highest BCUT2D eigenvalue weighted by atomic mass is 35.5. The molecule has 0 spiro atoms. The number of hydrogen-bond acceptors (Lipinski definition) is 2. The van der Waals surface area contributed by atoms with Crippen LogP contribution in [0, 0.1) is 5.82 Å². The van der Waals surface area contributed by atoms with Crippen molar-refractivity contribution in [2.24, 2.45) is 0 Å². The summed E-state index contributed by atoms with van der Waals surface area (Å²) in [5.74, 6) is -0.639. The lowest BCUT2D eigenvalue weighted by molar-refractivity contribution is -0.119. The molecule has 3 rings (SSSR count). The number of benzene rings is 2. The van der Waals surface area contributed by atoms with Gasteiger partial charge in [0, 0.05) is 12.5 Å². The van der Waals surface area contributed by atoms with Crippen molar-refractivity contribution in [3.63, 3.8) is 0 Å². The Labute approximate surface area is 157 Å². The van der Waals surface area contributed by atoms with Gasteiger partial charge >= 0.3 is 0 Å². The van der Waals surface area contributed by atoms with Crippen LogP contribution in [0.4, 0.5) is 10.1 Å². The van der Waals surface area contributed by atoms with E-state index in [0.717, 1.165) is 5.56 Å². The zero-order chi connectivity index (χ0) is 18.1. The quantitative estimate of drug-likeness (QED) is 0.708. The fraction of sp³-hybridized carbons (Fsp3) is 0.263. The lowest BCUT2D eigenvalue weighted by Crippen LogP contribution is -2.56. The van der Waals surface area contributed by atoms with Crippen LogP contribution in [0.25, 0.3) is 0 Å². The fourth-order valence-electron chi connectivity index (χ4n) is 3.17. The number of nitrogens with zero attached hydrogens (tertiary/aromatic N) is 2. The third-order valence-electron chi connectivity index (χ3n) is 4.47. The average Bonchev–Trinajstić information content (AvgIpc) is 2.58. The van der Waals surface area contributed by atoms with Crippen LogP contribution in [0.15, 0.2) is 48.5 Å². The first-order valence-corrected chi connectivity index (χ1v) is 8.84. The van der Waals surface area contributed by atoms with Crippen molar-refractivity contribution in [1.82, 2.24) is 4.90 Å². The molecule has 130 valence electrons. The maximum atomic E-state index is 13.5. The monoisotopic (exact) mass is 376 g/mol. The molecule has 2 aromatic rings. The Balaban J connectivity index is 1.96. The van der Waals surface area contributed by atoms with Crippen LogP contribution in [-0.2, 0) is 4.79 Å². The number of carbonyl (C=O) groups excluding carboxylic acids is 1. The van der Waals surface area contributed by atoms with Crippen LogP contribution < -0.4 is 4.90 Å². The summed E-state index contributed by atoms with van der Waals surface area (Å²) in [6.45, 7) is 4.04. The number of carbonyl (C=O) groups is 1. The predicted octanol–water partition coefficient (Wildman–Crippen LogP) is 4.95. The smallest absolute Gasteiger partial charge is 0.235 e. The Hall–Kier alpha value is -1.98. The third-order valence-corrected chi connectivity index (χ3v) is 5.15. The molecule has 1 aliphatic rings. The molecule has 25 heavy (non-hydrogen) atoms. The highest BCUT2D eigenvalue weighted by Crippen LogP contribution is 2.33. The molecule has 0 saturated carbocycles.